The van der Waals surface area contributed by atoms with Crippen molar-refractivity contribution in [1.82, 2.24) is 5.32 Å². The Morgan fingerprint density at radius 3 is 2.54 bits per heavy atom. The van der Waals surface area contributed by atoms with E-state index in [2.05, 4.69) is 5.32 Å². The van der Waals surface area contributed by atoms with Crippen LogP contribution in [0.5, 0.6) is 0 Å². The van der Waals surface area contributed by atoms with E-state index in [1.807, 2.05) is 0 Å². The average molecular weight is 206 g/mol. The Bertz CT molecular complexity index is 315. The molecule has 0 heterocycles. The van der Waals surface area contributed by atoms with Crippen LogP contribution in [0.25, 0.3) is 0 Å². The molecule has 0 amide bonds. The molecule has 1 unspecified atom stereocenters. The van der Waals surface area contributed by atoms with Gasteiger partial charge >= 0.3 is 0 Å². The molecule has 1 nitrogen and oxygen atoms in total. The Morgan fingerprint density at radius 1 is 1.38 bits per heavy atom. The number of hydrogen-bond acceptors (Lipinski definition) is 1. The topological polar surface area (TPSA) is 12.0 Å². The van der Waals surface area contributed by atoms with Crippen LogP contribution in [-0.2, 0) is 0 Å². The van der Waals surface area contributed by atoms with Gasteiger partial charge in [0.1, 0.15) is 11.6 Å². The summed E-state index contributed by atoms with van der Waals surface area (Å²) in [5.74, 6) is -1.27. The summed E-state index contributed by atoms with van der Waals surface area (Å²) in [6.45, 7) is 1.66. The summed E-state index contributed by atoms with van der Waals surface area (Å²) in [5.41, 5.74) is -0.0185. The smallest absolute Gasteiger partial charge is 0.149 e. The molecule has 4 heteroatoms. The van der Waals surface area contributed by atoms with Crippen molar-refractivity contribution in [1.29, 1.82) is 0 Å². The Balaban J connectivity index is 3.25. The number of rotatable bonds is 2. The first kappa shape index (κ1) is 10.4. The van der Waals surface area contributed by atoms with Gasteiger partial charge in [-0.1, -0.05) is 11.6 Å². The Morgan fingerprint density at radius 2 is 2.00 bits per heavy atom. The number of halogens is 3. The van der Waals surface area contributed by atoms with Gasteiger partial charge in [-0.2, -0.15) is 0 Å². The third kappa shape index (κ3) is 1.98. The summed E-state index contributed by atoms with van der Waals surface area (Å²) in [6, 6.07) is 1.98. The molecule has 0 saturated carbocycles. The molecule has 1 aromatic carbocycles. The van der Waals surface area contributed by atoms with Crippen molar-refractivity contribution in [3.63, 3.8) is 0 Å². The van der Waals surface area contributed by atoms with Gasteiger partial charge in [0, 0.05) is 11.6 Å². The van der Waals surface area contributed by atoms with E-state index in [1.54, 1.807) is 14.0 Å². The van der Waals surface area contributed by atoms with Gasteiger partial charge in [0.2, 0.25) is 0 Å². The van der Waals surface area contributed by atoms with Crippen molar-refractivity contribution in [3.8, 4) is 0 Å². The molecule has 0 aliphatic rings. The number of benzene rings is 1. The van der Waals surface area contributed by atoms with E-state index >= 15 is 0 Å². The lowest BCUT2D eigenvalue weighted by Crippen LogP contribution is -2.15. The van der Waals surface area contributed by atoms with E-state index in [1.165, 1.54) is 6.07 Å². The molecular weight excluding hydrogens is 196 g/mol. The van der Waals surface area contributed by atoms with Crippen molar-refractivity contribution < 1.29 is 8.78 Å². The summed E-state index contributed by atoms with van der Waals surface area (Å²) in [4.78, 5) is 0. The van der Waals surface area contributed by atoms with Crippen LogP contribution >= 0.6 is 11.6 Å². The lowest BCUT2D eigenvalue weighted by atomic mass is 10.1. The molecule has 72 valence electrons. The fourth-order valence-electron chi connectivity index (χ4n) is 1.08. The predicted octanol–water partition coefficient (Wildman–Crippen LogP) is 2.90. The zero-order valence-corrected chi connectivity index (χ0v) is 8.12. The summed E-state index contributed by atoms with van der Waals surface area (Å²) < 4.78 is 26.4. The summed E-state index contributed by atoms with van der Waals surface area (Å²) in [7, 11) is 1.63. The second-order valence-corrected chi connectivity index (χ2v) is 3.17. The lowest BCUT2D eigenvalue weighted by molar-refractivity contribution is 0.510. The zero-order valence-electron chi connectivity index (χ0n) is 7.37. The van der Waals surface area contributed by atoms with Gasteiger partial charge < -0.3 is 5.32 Å². The van der Waals surface area contributed by atoms with Crippen molar-refractivity contribution in [2.45, 2.75) is 13.0 Å². The Hall–Kier alpha value is -0.670. The van der Waals surface area contributed by atoms with Gasteiger partial charge in [0.25, 0.3) is 0 Å². The highest BCUT2D eigenvalue weighted by molar-refractivity contribution is 6.30. The molecule has 1 atom stereocenters. The summed E-state index contributed by atoms with van der Waals surface area (Å²) in [6.07, 6.45) is 0. The van der Waals surface area contributed by atoms with Crippen LogP contribution in [0, 0.1) is 11.6 Å². The van der Waals surface area contributed by atoms with E-state index in [9.17, 15) is 8.78 Å². The minimum absolute atomic E-state index is 0.0185. The fraction of sp³-hybridized carbons (Fsp3) is 0.333. The second-order valence-electron chi connectivity index (χ2n) is 2.77. The van der Waals surface area contributed by atoms with Gasteiger partial charge in [-0.25, -0.2) is 8.78 Å². The zero-order chi connectivity index (χ0) is 10.0. The second kappa shape index (κ2) is 4.03. The van der Waals surface area contributed by atoms with E-state index in [0.717, 1.165) is 6.07 Å². The highest BCUT2D eigenvalue weighted by Gasteiger charge is 2.16. The molecule has 13 heavy (non-hydrogen) atoms. The maximum Gasteiger partial charge on any atom is 0.149 e. The Kier molecular flexibility index (Phi) is 3.22. The molecule has 1 aromatic rings. The SMILES string of the molecule is CNC(C)c1c(F)ccc(Cl)c1F. The normalized spacial score (nSPS) is 13.0. The number of nitrogens with one attached hydrogen (secondary N) is 1. The van der Waals surface area contributed by atoms with Crippen LogP contribution in [0.3, 0.4) is 0 Å². The van der Waals surface area contributed by atoms with Gasteiger partial charge in [-0.05, 0) is 26.1 Å². The molecule has 0 spiro atoms. The van der Waals surface area contributed by atoms with Crippen LogP contribution < -0.4 is 5.32 Å². The van der Waals surface area contributed by atoms with E-state index < -0.39 is 17.7 Å². The van der Waals surface area contributed by atoms with Gasteiger partial charge in [0.05, 0.1) is 5.02 Å². The Labute approximate surface area is 80.7 Å². The minimum atomic E-state index is -0.691. The lowest BCUT2D eigenvalue weighted by Gasteiger charge is -2.13. The van der Waals surface area contributed by atoms with Crippen LogP contribution in [-0.4, -0.2) is 7.05 Å². The highest BCUT2D eigenvalue weighted by atomic mass is 35.5. The van der Waals surface area contributed by atoms with Crippen LogP contribution in [0.2, 0.25) is 5.02 Å². The van der Waals surface area contributed by atoms with E-state index in [-0.39, 0.29) is 10.6 Å². The molecule has 0 aliphatic carbocycles. The molecule has 0 aromatic heterocycles. The van der Waals surface area contributed by atoms with Crippen LogP contribution in [0.4, 0.5) is 8.78 Å². The van der Waals surface area contributed by atoms with Crippen LogP contribution in [0.15, 0.2) is 12.1 Å². The molecule has 0 saturated heterocycles. The monoisotopic (exact) mass is 205 g/mol. The maximum atomic E-state index is 13.3. The van der Waals surface area contributed by atoms with Crippen molar-refractivity contribution in [3.05, 3.63) is 34.4 Å². The standard InChI is InChI=1S/C9H10ClF2N/c1-5(13-2)8-7(11)4-3-6(10)9(8)12/h3-5,13H,1-2H3. The summed E-state index contributed by atoms with van der Waals surface area (Å²) >= 11 is 5.52. The summed E-state index contributed by atoms with van der Waals surface area (Å²) in [5, 5.41) is 2.69. The molecule has 1 N–H and O–H groups in total. The molecular formula is C9H10ClF2N. The highest BCUT2D eigenvalue weighted by Crippen LogP contribution is 2.25. The quantitative estimate of drug-likeness (QED) is 0.733. The molecule has 0 bridgehead atoms. The maximum absolute atomic E-state index is 13.3. The number of hydrogen-bond donors (Lipinski definition) is 1. The molecule has 0 aliphatic heterocycles. The van der Waals surface area contributed by atoms with Gasteiger partial charge in [-0.15, -0.1) is 0 Å². The molecule has 1 rings (SSSR count). The van der Waals surface area contributed by atoms with Crippen molar-refractivity contribution in [2.75, 3.05) is 7.05 Å². The van der Waals surface area contributed by atoms with Crippen molar-refractivity contribution in [2.24, 2.45) is 0 Å². The molecule has 0 radical (unpaired) electrons. The fourth-order valence-corrected chi connectivity index (χ4v) is 1.25. The first-order valence-corrected chi connectivity index (χ1v) is 4.26. The first-order chi connectivity index (χ1) is 6.07. The van der Waals surface area contributed by atoms with Gasteiger partial charge in [0.15, 0.2) is 0 Å². The van der Waals surface area contributed by atoms with Crippen LogP contribution in [0.1, 0.15) is 18.5 Å². The molecule has 0 fully saturated rings. The first-order valence-electron chi connectivity index (χ1n) is 3.88. The van der Waals surface area contributed by atoms with E-state index in [0.29, 0.717) is 0 Å². The average Bonchev–Trinajstić information content (AvgIpc) is 2.12. The third-order valence-corrected chi connectivity index (χ3v) is 2.24. The largest absolute Gasteiger partial charge is 0.313 e. The van der Waals surface area contributed by atoms with Crippen molar-refractivity contribution >= 4 is 11.6 Å². The third-order valence-electron chi connectivity index (χ3n) is 1.95. The minimum Gasteiger partial charge on any atom is -0.313 e. The van der Waals surface area contributed by atoms with Gasteiger partial charge in [-0.3, -0.25) is 0 Å². The van der Waals surface area contributed by atoms with E-state index in [4.69, 9.17) is 11.6 Å². The predicted molar refractivity (Wildman–Crippen MR) is 48.8 cm³/mol.